The molecule has 2 aromatic heterocycles. The highest BCUT2D eigenvalue weighted by molar-refractivity contribution is 5.87. The lowest BCUT2D eigenvalue weighted by atomic mass is 9.67. The number of hydrogen-bond acceptors (Lipinski definition) is 4. The van der Waals surface area contributed by atoms with Gasteiger partial charge in [0.15, 0.2) is 5.65 Å². The number of rotatable bonds is 10. The van der Waals surface area contributed by atoms with Crippen LogP contribution < -0.4 is 10.6 Å². The van der Waals surface area contributed by atoms with E-state index in [-0.39, 0.29) is 31.3 Å². The maximum absolute atomic E-state index is 13.6. The molecule has 3 atom stereocenters. The number of carbonyl (C=O) groups excluding carboxylic acids is 1. The molecule has 2 saturated carbocycles. The van der Waals surface area contributed by atoms with Crippen LogP contribution in [0, 0.1) is 29.1 Å². The molecule has 184 valence electrons. The molecule has 34 heavy (non-hydrogen) atoms. The zero-order chi connectivity index (χ0) is 24.0. The number of fused-ring (bicyclic) bond motifs is 1. The van der Waals surface area contributed by atoms with Gasteiger partial charge in [-0.05, 0) is 75.5 Å². The van der Waals surface area contributed by atoms with Crippen LogP contribution in [0.4, 0.5) is 8.78 Å². The van der Waals surface area contributed by atoms with Crippen LogP contribution in [-0.2, 0) is 11.2 Å². The summed E-state index contributed by atoms with van der Waals surface area (Å²) in [6, 6.07) is 3.98. The summed E-state index contributed by atoms with van der Waals surface area (Å²) in [4.78, 5) is 17.9. The first kappa shape index (κ1) is 23.4. The van der Waals surface area contributed by atoms with Crippen molar-refractivity contribution in [2.75, 3.05) is 13.6 Å². The predicted octanol–water partition coefficient (Wildman–Crippen LogP) is 4.32. The minimum atomic E-state index is -2.49. The van der Waals surface area contributed by atoms with Gasteiger partial charge in [0.2, 0.25) is 12.3 Å². The molecular weight excluding hydrogens is 436 g/mol. The number of amides is 1. The molecule has 3 heterocycles. The van der Waals surface area contributed by atoms with Gasteiger partial charge in [0, 0.05) is 18.9 Å². The third-order valence-corrected chi connectivity index (χ3v) is 8.25. The lowest BCUT2D eigenvalue weighted by Gasteiger charge is -2.41. The summed E-state index contributed by atoms with van der Waals surface area (Å²) in [6.45, 7) is 6.03. The van der Waals surface area contributed by atoms with Gasteiger partial charge in [-0.1, -0.05) is 19.1 Å². The van der Waals surface area contributed by atoms with Crippen molar-refractivity contribution in [2.24, 2.45) is 29.1 Å². The maximum Gasteiger partial charge on any atom is 0.243 e. The van der Waals surface area contributed by atoms with E-state index in [4.69, 9.17) is 10.1 Å². The maximum atomic E-state index is 13.6. The predicted molar refractivity (Wildman–Crippen MR) is 126 cm³/mol. The second-order valence-electron chi connectivity index (χ2n) is 10.5. The highest BCUT2D eigenvalue weighted by atomic mass is 19.3. The van der Waals surface area contributed by atoms with Crippen molar-refractivity contribution in [3.05, 3.63) is 41.9 Å². The molecule has 2 N–H and O–H groups in total. The molecule has 0 spiro atoms. The zero-order valence-electron chi connectivity index (χ0n) is 20.1. The Bertz CT molecular complexity index is 1050. The van der Waals surface area contributed by atoms with Crippen LogP contribution in [0.3, 0.4) is 0 Å². The van der Waals surface area contributed by atoms with Gasteiger partial charge in [-0.3, -0.25) is 4.79 Å². The van der Waals surface area contributed by atoms with E-state index in [0.29, 0.717) is 23.6 Å². The largest absolute Gasteiger partial charge is 0.355 e. The standard InChI is InChI=1S/C26H35F2N5O/c1-4-15(2)26(11-18(24(27)28)13-30-25(26)34)12-19-9-10-21-31-20(14-33(21)32-19)23(29-3)22(16-5-6-16)17-7-8-17/h9-10,14,16-18,22-24,29H,2,4-8,11-13H2,1,3H3,(H,30,34). The Hall–Kier alpha value is -2.35. The van der Waals surface area contributed by atoms with Gasteiger partial charge in [-0.25, -0.2) is 18.3 Å². The number of hydrogen-bond donors (Lipinski definition) is 2. The van der Waals surface area contributed by atoms with Crippen molar-refractivity contribution in [3.8, 4) is 0 Å². The average Bonchev–Trinajstić information content (AvgIpc) is 3.76. The summed E-state index contributed by atoms with van der Waals surface area (Å²) in [5.41, 5.74) is 2.03. The van der Waals surface area contributed by atoms with Gasteiger partial charge >= 0.3 is 0 Å². The molecule has 1 aliphatic heterocycles. The Morgan fingerprint density at radius 3 is 2.56 bits per heavy atom. The molecule has 0 aromatic carbocycles. The van der Waals surface area contributed by atoms with E-state index in [1.54, 1.807) is 4.52 Å². The van der Waals surface area contributed by atoms with Crippen molar-refractivity contribution in [1.82, 2.24) is 25.2 Å². The number of carbonyl (C=O) groups is 1. The summed E-state index contributed by atoms with van der Waals surface area (Å²) in [5, 5.41) is 11.0. The first-order valence-corrected chi connectivity index (χ1v) is 12.6. The van der Waals surface area contributed by atoms with Crippen LogP contribution >= 0.6 is 0 Å². The molecule has 1 saturated heterocycles. The van der Waals surface area contributed by atoms with E-state index >= 15 is 0 Å². The third kappa shape index (κ3) is 4.25. The molecule has 6 nitrogen and oxygen atoms in total. The Morgan fingerprint density at radius 2 is 1.97 bits per heavy atom. The molecule has 3 aliphatic rings. The van der Waals surface area contributed by atoms with Gasteiger partial charge in [0.1, 0.15) is 0 Å². The highest BCUT2D eigenvalue weighted by Crippen LogP contribution is 2.54. The molecule has 1 amide bonds. The molecule has 5 rings (SSSR count). The van der Waals surface area contributed by atoms with E-state index in [9.17, 15) is 13.6 Å². The van der Waals surface area contributed by atoms with Crippen molar-refractivity contribution in [2.45, 2.75) is 64.3 Å². The number of piperidine rings is 1. The number of alkyl halides is 2. The zero-order valence-corrected chi connectivity index (χ0v) is 20.1. The molecule has 8 heteroatoms. The monoisotopic (exact) mass is 471 g/mol. The van der Waals surface area contributed by atoms with Crippen LogP contribution in [0.25, 0.3) is 5.65 Å². The normalized spacial score (nSPS) is 26.3. The van der Waals surface area contributed by atoms with Crippen molar-refractivity contribution < 1.29 is 13.6 Å². The van der Waals surface area contributed by atoms with Gasteiger partial charge in [-0.15, -0.1) is 0 Å². The fourth-order valence-electron chi connectivity index (χ4n) is 6.03. The fraction of sp³-hybridized carbons (Fsp3) is 0.654. The molecule has 0 bridgehead atoms. The first-order chi connectivity index (χ1) is 16.4. The average molecular weight is 472 g/mol. The van der Waals surface area contributed by atoms with Crippen LogP contribution in [0.5, 0.6) is 0 Å². The lowest BCUT2D eigenvalue weighted by Crippen LogP contribution is -2.53. The van der Waals surface area contributed by atoms with Crippen LogP contribution in [-0.4, -0.2) is 40.5 Å². The van der Waals surface area contributed by atoms with Crippen LogP contribution in [0.15, 0.2) is 30.5 Å². The van der Waals surface area contributed by atoms with Crippen molar-refractivity contribution in [1.29, 1.82) is 0 Å². The molecule has 2 aromatic rings. The second-order valence-corrected chi connectivity index (χ2v) is 10.5. The van der Waals surface area contributed by atoms with E-state index in [2.05, 4.69) is 17.2 Å². The second kappa shape index (κ2) is 9.02. The highest BCUT2D eigenvalue weighted by Gasteiger charge is 2.48. The van der Waals surface area contributed by atoms with Gasteiger partial charge < -0.3 is 10.6 Å². The number of halogens is 2. The van der Waals surface area contributed by atoms with E-state index in [0.717, 1.165) is 23.2 Å². The van der Waals surface area contributed by atoms with Gasteiger partial charge in [-0.2, -0.15) is 5.10 Å². The quantitative estimate of drug-likeness (QED) is 0.506. The lowest BCUT2D eigenvalue weighted by molar-refractivity contribution is -0.134. The van der Waals surface area contributed by atoms with E-state index < -0.39 is 17.8 Å². The fourth-order valence-corrected chi connectivity index (χ4v) is 6.03. The van der Waals surface area contributed by atoms with E-state index in [1.165, 1.54) is 25.7 Å². The summed E-state index contributed by atoms with van der Waals surface area (Å²) >= 11 is 0. The van der Waals surface area contributed by atoms with Gasteiger partial charge in [0.25, 0.3) is 0 Å². The SMILES string of the molecule is C=C(CC)C1(Cc2ccc3nc(C(NC)C(C4CC4)C4CC4)cn3n2)CC(C(F)F)CNC1=O. The smallest absolute Gasteiger partial charge is 0.243 e. The topological polar surface area (TPSA) is 71.3 Å². The third-order valence-electron chi connectivity index (χ3n) is 8.25. The summed E-state index contributed by atoms with van der Waals surface area (Å²) in [5.74, 6) is 1.07. The van der Waals surface area contributed by atoms with Crippen LogP contribution in [0.2, 0.25) is 0 Å². The number of imidazole rings is 1. The summed E-state index contributed by atoms with van der Waals surface area (Å²) in [7, 11) is 2.01. The molecule has 3 unspecified atom stereocenters. The van der Waals surface area contributed by atoms with E-state index in [1.807, 2.05) is 32.3 Å². The Balaban J connectivity index is 1.44. The Kier molecular flexibility index (Phi) is 6.21. The number of nitrogens with zero attached hydrogens (tertiary/aromatic N) is 3. The number of nitrogens with one attached hydrogen (secondary N) is 2. The van der Waals surface area contributed by atoms with Gasteiger partial charge in [0.05, 0.1) is 29.0 Å². The number of aromatic nitrogens is 3. The molecule has 3 fully saturated rings. The minimum absolute atomic E-state index is 0.00114. The van der Waals surface area contributed by atoms with Crippen LogP contribution in [0.1, 0.15) is 62.9 Å². The summed E-state index contributed by atoms with van der Waals surface area (Å²) in [6.07, 6.45) is 5.61. The minimum Gasteiger partial charge on any atom is -0.355 e. The molecule has 2 aliphatic carbocycles. The first-order valence-electron chi connectivity index (χ1n) is 12.6. The molecule has 0 radical (unpaired) electrons. The molecular formula is C26H35F2N5O. The van der Waals surface area contributed by atoms with Crippen molar-refractivity contribution >= 4 is 11.6 Å². The summed E-state index contributed by atoms with van der Waals surface area (Å²) < 4.78 is 29.0. The Labute approximate surface area is 199 Å². The van der Waals surface area contributed by atoms with Crippen molar-refractivity contribution in [3.63, 3.8) is 0 Å². The Morgan fingerprint density at radius 1 is 1.26 bits per heavy atom.